The van der Waals surface area contributed by atoms with E-state index in [0.717, 1.165) is 17.0 Å². The second kappa shape index (κ2) is 8.39. The summed E-state index contributed by atoms with van der Waals surface area (Å²) in [4.78, 5) is 14.1. The molecule has 0 heterocycles. The first-order chi connectivity index (χ1) is 11.6. The summed E-state index contributed by atoms with van der Waals surface area (Å²) in [5, 5.41) is 0. The third-order valence-corrected chi connectivity index (χ3v) is 4.31. The van der Waals surface area contributed by atoms with Gasteiger partial charge in [0.05, 0.1) is 26.2 Å². The van der Waals surface area contributed by atoms with Gasteiger partial charge in [-0.3, -0.25) is 4.79 Å². The van der Waals surface area contributed by atoms with Crippen LogP contribution >= 0.6 is 0 Å². The fraction of sp³-hybridized carbons (Fsp3) is 0.350. The quantitative estimate of drug-likeness (QED) is 0.719. The lowest BCUT2D eigenvalue weighted by Gasteiger charge is -2.32. The van der Waals surface area contributed by atoms with Crippen LogP contribution in [0.15, 0.2) is 54.6 Å². The van der Waals surface area contributed by atoms with Gasteiger partial charge in [-0.25, -0.2) is 0 Å². The maximum atomic E-state index is 11.9. The molecule has 4 heteroatoms. The van der Waals surface area contributed by atoms with Crippen molar-refractivity contribution in [2.24, 2.45) is 5.92 Å². The van der Waals surface area contributed by atoms with Gasteiger partial charge in [0.15, 0.2) is 0 Å². The normalized spacial score (nSPS) is 13.0. The average Bonchev–Trinajstić information content (AvgIpc) is 2.65. The van der Waals surface area contributed by atoms with Gasteiger partial charge in [0, 0.05) is 18.3 Å². The molecule has 0 spiro atoms. The molecule has 4 nitrogen and oxygen atoms in total. The molecule has 0 amide bonds. The van der Waals surface area contributed by atoms with Crippen LogP contribution in [0, 0.1) is 5.92 Å². The number of methoxy groups -OCH3 is 2. The summed E-state index contributed by atoms with van der Waals surface area (Å²) >= 11 is 0. The molecule has 2 rings (SSSR count). The molecule has 0 aromatic heterocycles. The van der Waals surface area contributed by atoms with Crippen molar-refractivity contribution in [3.05, 3.63) is 60.2 Å². The molecular weight excluding hydrogens is 302 g/mol. The molecule has 0 radical (unpaired) electrons. The number of benzene rings is 2. The highest BCUT2D eigenvalue weighted by atomic mass is 16.5. The molecule has 2 aromatic rings. The number of hydrogen-bond donors (Lipinski definition) is 0. The number of esters is 1. The maximum Gasteiger partial charge on any atom is 0.308 e. The topological polar surface area (TPSA) is 38.8 Å². The van der Waals surface area contributed by atoms with E-state index in [1.165, 1.54) is 7.11 Å². The SMILES string of the molecule is COC(=O)[C@H](C)C[C@@H](c1ccccc1OC)N(C)c1ccccc1. The predicted octanol–water partition coefficient (Wildman–Crippen LogP) is 4.07. The number of hydrogen-bond acceptors (Lipinski definition) is 4. The Morgan fingerprint density at radius 3 is 2.29 bits per heavy atom. The van der Waals surface area contributed by atoms with Crippen molar-refractivity contribution in [3.8, 4) is 5.75 Å². The fourth-order valence-corrected chi connectivity index (χ4v) is 2.91. The lowest BCUT2D eigenvalue weighted by Crippen LogP contribution is -2.28. The number of carbonyl (C=O) groups excluding carboxylic acids is 1. The molecule has 2 atom stereocenters. The maximum absolute atomic E-state index is 11.9. The Labute approximate surface area is 144 Å². The number of nitrogens with zero attached hydrogens (tertiary/aromatic N) is 1. The minimum Gasteiger partial charge on any atom is -0.496 e. The highest BCUT2D eigenvalue weighted by Gasteiger charge is 2.26. The van der Waals surface area contributed by atoms with E-state index in [1.807, 2.05) is 56.4 Å². The van der Waals surface area contributed by atoms with Gasteiger partial charge in [-0.05, 0) is 24.6 Å². The van der Waals surface area contributed by atoms with Crippen LogP contribution in [0.4, 0.5) is 5.69 Å². The number of anilines is 1. The highest BCUT2D eigenvalue weighted by molar-refractivity contribution is 5.72. The molecule has 0 fully saturated rings. The van der Waals surface area contributed by atoms with Crippen molar-refractivity contribution in [2.45, 2.75) is 19.4 Å². The van der Waals surface area contributed by atoms with Gasteiger partial charge in [0.2, 0.25) is 0 Å². The van der Waals surface area contributed by atoms with Gasteiger partial charge in [0.25, 0.3) is 0 Å². The Hall–Kier alpha value is -2.49. The first kappa shape index (κ1) is 17.9. The van der Waals surface area contributed by atoms with Crippen LogP contribution in [0.3, 0.4) is 0 Å². The Balaban J connectivity index is 2.39. The molecule has 0 saturated heterocycles. The summed E-state index contributed by atoms with van der Waals surface area (Å²) < 4.78 is 10.4. The van der Waals surface area contributed by atoms with Gasteiger partial charge in [-0.2, -0.15) is 0 Å². The van der Waals surface area contributed by atoms with Crippen LogP contribution < -0.4 is 9.64 Å². The summed E-state index contributed by atoms with van der Waals surface area (Å²) in [7, 11) is 5.14. The average molecular weight is 327 g/mol. The Kier molecular flexibility index (Phi) is 6.24. The standard InChI is InChI=1S/C20H25NO3/c1-15(20(22)24-4)14-18(17-12-8-9-13-19(17)23-3)21(2)16-10-6-5-7-11-16/h5-13,15,18H,14H2,1-4H3/t15-,18+/m1/s1. The summed E-state index contributed by atoms with van der Waals surface area (Å²) in [6, 6.07) is 18.1. The molecule has 0 unspecified atom stereocenters. The van der Waals surface area contributed by atoms with Crippen LogP contribution in [0.25, 0.3) is 0 Å². The largest absolute Gasteiger partial charge is 0.496 e. The third-order valence-electron chi connectivity index (χ3n) is 4.31. The molecule has 0 aliphatic rings. The first-order valence-corrected chi connectivity index (χ1v) is 8.07. The smallest absolute Gasteiger partial charge is 0.308 e. The number of carbonyl (C=O) groups is 1. The van der Waals surface area contributed by atoms with Crippen LogP contribution in [-0.2, 0) is 9.53 Å². The molecule has 24 heavy (non-hydrogen) atoms. The van der Waals surface area contributed by atoms with E-state index in [9.17, 15) is 4.79 Å². The second-order valence-corrected chi connectivity index (χ2v) is 5.86. The summed E-state index contributed by atoms with van der Waals surface area (Å²) in [6.07, 6.45) is 0.637. The summed E-state index contributed by atoms with van der Waals surface area (Å²) in [5.41, 5.74) is 2.15. The molecule has 128 valence electrons. The van der Waals surface area contributed by atoms with Crippen molar-refractivity contribution in [3.63, 3.8) is 0 Å². The minimum absolute atomic E-state index is 0.00218. The van der Waals surface area contributed by atoms with Crippen LogP contribution in [0.1, 0.15) is 24.9 Å². The van der Waals surface area contributed by atoms with Crippen molar-refractivity contribution in [2.75, 3.05) is 26.2 Å². The molecular formula is C20H25NO3. The van der Waals surface area contributed by atoms with Crippen LogP contribution in [-0.4, -0.2) is 27.2 Å². The molecule has 2 aromatic carbocycles. The molecule has 0 aliphatic heterocycles. The van der Waals surface area contributed by atoms with E-state index in [-0.39, 0.29) is 17.9 Å². The number of ether oxygens (including phenoxy) is 2. The first-order valence-electron chi connectivity index (χ1n) is 8.07. The zero-order valence-electron chi connectivity index (χ0n) is 14.7. The highest BCUT2D eigenvalue weighted by Crippen LogP contribution is 2.36. The van der Waals surface area contributed by atoms with Crippen LogP contribution in [0.5, 0.6) is 5.75 Å². The van der Waals surface area contributed by atoms with Crippen molar-refractivity contribution >= 4 is 11.7 Å². The predicted molar refractivity (Wildman–Crippen MR) is 96.4 cm³/mol. The molecule has 0 N–H and O–H groups in total. The zero-order valence-corrected chi connectivity index (χ0v) is 14.7. The van der Waals surface area contributed by atoms with E-state index in [4.69, 9.17) is 9.47 Å². The monoisotopic (exact) mass is 327 g/mol. The summed E-state index contributed by atoms with van der Waals surface area (Å²) in [5.74, 6) is 0.412. The van der Waals surface area contributed by atoms with Gasteiger partial charge in [0.1, 0.15) is 5.75 Å². The van der Waals surface area contributed by atoms with Gasteiger partial charge in [-0.1, -0.05) is 43.3 Å². The van der Waals surface area contributed by atoms with Gasteiger partial charge < -0.3 is 14.4 Å². The number of para-hydroxylation sites is 2. The van der Waals surface area contributed by atoms with E-state index in [0.29, 0.717) is 6.42 Å². The number of rotatable bonds is 7. The van der Waals surface area contributed by atoms with Crippen molar-refractivity contribution < 1.29 is 14.3 Å². The zero-order chi connectivity index (χ0) is 17.5. The second-order valence-electron chi connectivity index (χ2n) is 5.86. The van der Waals surface area contributed by atoms with Crippen LogP contribution in [0.2, 0.25) is 0 Å². The van der Waals surface area contributed by atoms with E-state index < -0.39 is 0 Å². The van der Waals surface area contributed by atoms with Gasteiger partial charge in [-0.15, -0.1) is 0 Å². The Bertz CT molecular complexity index is 657. The van der Waals surface area contributed by atoms with E-state index in [2.05, 4.69) is 17.0 Å². The Morgan fingerprint density at radius 1 is 1.04 bits per heavy atom. The molecule has 0 bridgehead atoms. The van der Waals surface area contributed by atoms with E-state index >= 15 is 0 Å². The van der Waals surface area contributed by atoms with Crippen molar-refractivity contribution in [1.82, 2.24) is 0 Å². The Morgan fingerprint density at radius 2 is 1.67 bits per heavy atom. The lowest BCUT2D eigenvalue weighted by molar-refractivity contribution is -0.145. The fourth-order valence-electron chi connectivity index (χ4n) is 2.91. The lowest BCUT2D eigenvalue weighted by atomic mass is 9.93. The van der Waals surface area contributed by atoms with Gasteiger partial charge >= 0.3 is 5.97 Å². The summed E-state index contributed by atoms with van der Waals surface area (Å²) in [6.45, 7) is 1.90. The third kappa shape index (κ3) is 4.07. The molecule has 0 saturated carbocycles. The minimum atomic E-state index is -0.212. The molecule has 0 aliphatic carbocycles. The van der Waals surface area contributed by atoms with Crippen molar-refractivity contribution in [1.29, 1.82) is 0 Å². The van der Waals surface area contributed by atoms with E-state index in [1.54, 1.807) is 7.11 Å².